The van der Waals surface area contributed by atoms with E-state index in [1.165, 1.54) is 11.1 Å². The average Bonchev–Trinajstić information content (AvgIpc) is 2.50. The summed E-state index contributed by atoms with van der Waals surface area (Å²) >= 11 is 0. The molecule has 3 N–H and O–H groups in total. The third-order valence-electron chi connectivity index (χ3n) is 4.61. The summed E-state index contributed by atoms with van der Waals surface area (Å²) in [5.41, 5.74) is 10.9. The topological polar surface area (TPSA) is 38.0 Å². The molecule has 2 atom stereocenters. The van der Waals surface area contributed by atoms with Crippen LogP contribution in [0.2, 0.25) is 0 Å². The lowest BCUT2D eigenvalue weighted by molar-refractivity contribution is 0.565. The molecule has 0 radical (unpaired) electrons. The van der Waals surface area contributed by atoms with E-state index in [-0.39, 0.29) is 0 Å². The highest BCUT2D eigenvalue weighted by atomic mass is 14.9. The second-order valence-electron chi connectivity index (χ2n) is 7.96. The normalized spacial score (nSPS) is 20.5. The Morgan fingerprint density at radius 2 is 1.79 bits per heavy atom. The lowest BCUT2D eigenvalue weighted by atomic mass is 9.87. The molecule has 0 heterocycles. The highest BCUT2D eigenvalue weighted by Gasteiger charge is 2.20. The number of anilines is 2. The smallest absolute Gasteiger partial charge is 0.0581 e. The predicted molar refractivity (Wildman–Crippen MR) is 107 cm³/mol. The fraction of sp³-hybridized carbons (Fsp3) is 0.545. The van der Waals surface area contributed by atoms with Crippen LogP contribution in [0.3, 0.4) is 0 Å². The van der Waals surface area contributed by atoms with Crippen LogP contribution in [0.15, 0.2) is 42.0 Å². The van der Waals surface area contributed by atoms with Gasteiger partial charge in [0.25, 0.3) is 0 Å². The van der Waals surface area contributed by atoms with Gasteiger partial charge in [0.2, 0.25) is 0 Å². The van der Waals surface area contributed by atoms with Crippen LogP contribution >= 0.6 is 0 Å². The van der Waals surface area contributed by atoms with E-state index in [4.69, 9.17) is 5.73 Å². The summed E-state index contributed by atoms with van der Waals surface area (Å²) in [6.45, 7) is 11.3. The van der Waals surface area contributed by atoms with Crippen LogP contribution in [-0.2, 0) is 6.42 Å². The molecular weight excluding hydrogens is 292 g/mol. The molecule has 24 heavy (non-hydrogen) atoms. The van der Waals surface area contributed by atoms with Crippen LogP contribution in [0, 0.1) is 17.8 Å². The Hall–Kier alpha value is -1.70. The maximum atomic E-state index is 6.24. The third-order valence-corrected chi connectivity index (χ3v) is 4.61. The van der Waals surface area contributed by atoms with Gasteiger partial charge in [-0.1, -0.05) is 64.5 Å². The van der Waals surface area contributed by atoms with Crippen molar-refractivity contribution in [3.63, 3.8) is 0 Å². The van der Waals surface area contributed by atoms with Crippen molar-refractivity contribution in [3.05, 3.63) is 47.6 Å². The van der Waals surface area contributed by atoms with Crippen LogP contribution in [0.4, 0.5) is 11.4 Å². The summed E-state index contributed by atoms with van der Waals surface area (Å²) in [6.07, 6.45) is 10.4. The van der Waals surface area contributed by atoms with Gasteiger partial charge in [0.05, 0.1) is 17.4 Å². The van der Waals surface area contributed by atoms with E-state index in [2.05, 4.69) is 70.3 Å². The number of hydrogen-bond acceptors (Lipinski definition) is 2. The maximum absolute atomic E-state index is 6.24. The fourth-order valence-corrected chi connectivity index (χ4v) is 3.43. The minimum atomic E-state index is 0.324. The Morgan fingerprint density at radius 1 is 1.08 bits per heavy atom. The van der Waals surface area contributed by atoms with E-state index in [0.717, 1.165) is 30.6 Å². The van der Waals surface area contributed by atoms with Crippen molar-refractivity contribution in [2.75, 3.05) is 11.1 Å². The first kappa shape index (κ1) is 18.6. The van der Waals surface area contributed by atoms with E-state index < -0.39 is 0 Å². The molecule has 2 heteroatoms. The van der Waals surface area contributed by atoms with Crippen molar-refractivity contribution < 1.29 is 0 Å². The van der Waals surface area contributed by atoms with Gasteiger partial charge in [-0.15, -0.1) is 0 Å². The van der Waals surface area contributed by atoms with E-state index in [1.807, 2.05) is 6.07 Å². The lowest BCUT2D eigenvalue weighted by Gasteiger charge is -2.28. The number of allylic oxidation sites excluding steroid dienone is 2. The number of nitrogens with two attached hydrogens (primary N) is 1. The molecule has 0 aliphatic heterocycles. The number of nitrogen functional groups attached to an aromatic ring is 1. The van der Waals surface area contributed by atoms with Gasteiger partial charge >= 0.3 is 0 Å². The molecular formula is C22H34N2. The Morgan fingerprint density at radius 3 is 2.42 bits per heavy atom. The summed E-state index contributed by atoms with van der Waals surface area (Å²) < 4.78 is 0. The molecule has 2 rings (SSSR count). The fourth-order valence-electron chi connectivity index (χ4n) is 3.43. The molecule has 0 aromatic heterocycles. The largest absolute Gasteiger partial charge is 0.397 e. The Kier molecular flexibility index (Phi) is 6.53. The molecule has 0 bridgehead atoms. The van der Waals surface area contributed by atoms with E-state index >= 15 is 0 Å². The zero-order chi connectivity index (χ0) is 17.7. The van der Waals surface area contributed by atoms with E-state index in [0.29, 0.717) is 23.8 Å². The van der Waals surface area contributed by atoms with Crippen LogP contribution < -0.4 is 11.1 Å². The quantitative estimate of drug-likeness (QED) is 0.620. The predicted octanol–water partition coefficient (Wildman–Crippen LogP) is 5.82. The number of nitrogens with one attached hydrogen (secondary N) is 1. The second kappa shape index (κ2) is 8.41. The molecule has 0 spiro atoms. The molecule has 0 amide bonds. The first-order chi connectivity index (χ1) is 11.4. The summed E-state index contributed by atoms with van der Waals surface area (Å²) in [7, 11) is 0. The minimum Gasteiger partial charge on any atom is -0.397 e. The summed E-state index contributed by atoms with van der Waals surface area (Å²) in [5.74, 6) is 1.85. The van der Waals surface area contributed by atoms with Crippen molar-refractivity contribution in [3.8, 4) is 0 Å². The first-order valence-electron chi connectivity index (χ1n) is 9.42. The molecule has 1 aromatic rings. The van der Waals surface area contributed by atoms with Gasteiger partial charge in [-0.25, -0.2) is 0 Å². The molecule has 1 aromatic carbocycles. The highest BCUT2D eigenvalue weighted by Crippen LogP contribution is 2.29. The zero-order valence-corrected chi connectivity index (χ0v) is 16.0. The minimum absolute atomic E-state index is 0.324. The van der Waals surface area contributed by atoms with E-state index in [1.54, 1.807) is 0 Å². The first-order valence-corrected chi connectivity index (χ1v) is 9.42. The van der Waals surface area contributed by atoms with Crippen molar-refractivity contribution >= 4 is 11.4 Å². The van der Waals surface area contributed by atoms with Crippen LogP contribution in [0.25, 0.3) is 0 Å². The lowest BCUT2D eigenvalue weighted by Crippen LogP contribution is -2.28. The van der Waals surface area contributed by atoms with Crippen molar-refractivity contribution in [1.82, 2.24) is 0 Å². The SMILES string of the molecule is CCC1C=CC(CC(C)C)=CC1Nc1cc(CC(C)C)ccc1N. The maximum Gasteiger partial charge on any atom is 0.0581 e. The van der Waals surface area contributed by atoms with Crippen LogP contribution in [-0.4, -0.2) is 6.04 Å². The van der Waals surface area contributed by atoms with Crippen LogP contribution in [0.1, 0.15) is 53.0 Å². The van der Waals surface area contributed by atoms with Crippen LogP contribution in [0.5, 0.6) is 0 Å². The monoisotopic (exact) mass is 326 g/mol. The molecule has 0 saturated heterocycles. The van der Waals surface area contributed by atoms with Gasteiger partial charge in [0.1, 0.15) is 0 Å². The highest BCUT2D eigenvalue weighted by molar-refractivity contribution is 5.68. The average molecular weight is 327 g/mol. The van der Waals surface area contributed by atoms with Crippen molar-refractivity contribution in [2.45, 2.75) is 59.9 Å². The number of rotatable bonds is 7. The summed E-state index contributed by atoms with van der Waals surface area (Å²) in [5, 5.41) is 3.71. The molecule has 2 unspecified atom stereocenters. The van der Waals surface area contributed by atoms with Crippen molar-refractivity contribution in [2.24, 2.45) is 17.8 Å². The van der Waals surface area contributed by atoms with Gasteiger partial charge in [0, 0.05) is 5.92 Å². The van der Waals surface area contributed by atoms with Gasteiger partial charge in [0.15, 0.2) is 0 Å². The third kappa shape index (κ3) is 5.15. The zero-order valence-electron chi connectivity index (χ0n) is 16.0. The Bertz CT molecular complexity index is 596. The molecule has 0 fully saturated rings. The summed E-state index contributed by atoms with van der Waals surface area (Å²) in [6, 6.07) is 6.75. The number of benzene rings is 1. The molecule has 2 nitrogen and oxygen atoms in total. The van der Waals surface area contributed by atoms with Gasteiger partial charge in [-0.2, -0.15) is 0 Å². The molecule has 0 saturated carbocycles. The number of hydrogen-bond donors (Lipinski definition) is 2. The van der Waals surface area contributed by atoms with Gasteiger partial charge in [-0.3, -0.25) is 0 Å². The van der Waals surface area contributed by atoms with Gasteiger partial charge in [-0.05, 0) is 48.8 Å². The Labute approximate surface area is 148 Å². The van der Waals surface area contributed by atoms with Gasteiger partial charge < -0.3 is 11.1 Å². The standard InChI is InChI=1S/C22H34N2/c1-6-19-9-7-17(11-15(2)3)13-21(19)24-22-14-18(12-16(4)5)8-10-20(22)23/h7-10,13-16,19,21,24H,6,11-12,23H2,1-5H3. The molecule has 132 valence electrons. The second-order valence-corrected chi connectivity index (χ2v) is 7.96. The molecule has 1 aliphatic rings. The van der Waals surface area contributed by atoms with Crippen molar-refractivity contribution in [1.29, 1.82) is 0 Å². The summed E-state index contributed by atoms with van der Waals surface area (Å²) in [4.78, 5) is 0. The molecule has 1 aliphatic carbocycles. The van der Waals surface area contributed by atoms with E-state index in [9.17, 15) is 0 Å². The Balaban J connectivity index is 2.20.